The van der Waals surface area contributed by atoms with Crippen molar-refractivity contribution >= 4 is 15.9 Å². The van der Waals surface area contributed by atoms with Gasteiger partial charge in [0.25, 0.3) is 0 Å². The minimum Gasteiger partial charge on any atom is -0.494 e. The fraction of sp³-hybridized carbons (Fsp3) is 0.471. The lowest BCUT2D eigenvalue weighted by atomic mass is 9.84. The fourth-order valence-corrected chi connectivity index (χ4v) is 12.2. The van der Waals surface area contributed by atoms with Crippen LogP contribution in [0.25, 0.3) is 22.3 Å². The molecule has 1 N–H and O–H groups in total. The van der Waals surface area contributed by atoms with Crippen molar-refractivity contribution in [1.82, 2.24) is 0 Å². The van der Waals surface area contributed by atoms with E-state index < -0.39 is 5.60 Å². The van der Waals surface area contributed by atoms with Gasteiger partial charge in [-0.15, -0.1) is 0 Å². The fourth-order valence-electron chi connectivity index (χ4n) is 11.3. The lowest BCUT2D eigenvalue weighted by Gasteiger charge is -2.26. The first-order chi connectivity index (χ1) is 34.8. The summed E-state index contributed by atoms with van der Waals surface area (Å²) in [6, 6.07) is 50.5. The van der Waals surface area contributed by atoms with Crippen LogP contribution in [0.4, 0.5) is 0 Å². The van der Waals surface area contributed by atoms with E-state index in [9.17, 15) is 5.11 Å². The molecule has 0 spiro atoms. The Kier molecular flexibility index (Phi) is 20.3. The second-order valence-electron chi connectivity index (χ2n) is 22.8. The molecule has 4 heteroatoms. The lowest BCUT2D eigenvalue weighted by molar-refractivity contribution is 0.130. The van der Waals surface area contributed by atoms with Crippen molar-refractivity contribution in [3.63, 3.8) is 0 Å². The van der Waals surface area contributed by atoms with Crippen molar-refractivity contribution in [2.75, 3.05) is 13.2 Å². The smallest absolute Gasteiger partial charge is 0.141 e. The van der Waals surface area contributed by atoms with E-state index in [1.165, 1.54) is 105 Å². The highest BCUT2D eigenvalue weighted by atomic mass is 79.9. The molecule has 2 aliphatic rings. The van der Waals surface area contributed by atoms with E-state index in [-0.39, 0.29) is 4.32 Å². The maximum atomic E-state index is 12.1. The molecule has 6 aromatic rings. The van der Waals surface area contributed by atoms with Crippen molar-refractivity contribution in [3.8, 4) is 33.8 Å². The molecule has 0 fully saturated rings. The highest BCUT2D eigenvalue weighted by Crippen LogP contribution is 2.57. The quantitative estimate of drug-likeness (QED) is 0.0550. The van der Waals surface area contributed by atoms with Crippen LogP contribution in [0.3, 0.4) is 0 Å². The van der Waals surface area contributed by atoms with Crippen molar-refractivity contribution in [1.29, 1.82) is 0 Å². The van der Waals surface area contributed by atoms with Crippen LogP contribution in [-0.4, -0.2) is 18.3 Å². The molecule has 6 unspecified atom stereocenters. The molecule has 0 heterocycles. The predicted octanol–water partition coefficient (Wildman–Crippen LogP) is 19.4. The molecule has 8 rings (SSSR count). The first kappa shape index (κ1) is 55.1. The Bertz CT molecular complexity index is 2390. The van der Waals surface area contributed by atoms with Gasteiger partial charge in [-0.1, -0.05) is 270 Å². The molecule has 0 saturated heterocycles. The summed E-state index contributed by atoms with van der Waals surface area (Å²) in [7, 11) is 0. The van der Waals surface area contributed by atoms with Crippen LogP contribution in [0.1, 0.15) is 179 Å². The zero-order valence-corrected chi connectivity index (χ0v) is 46.9. The average Bonchev–Trinajstić information content (AvgIpc) is 3.79. The molecule has 72 heavy (non-hydrogen) atoms. The van der Waals surface area contributed by atoms with E-state index in [1.807, 2.05) is 54.6 Å². The third-order valence-corrected chi connectivity index (χ3v) is 17.1. The van der Waals surface area contributed by atoms with Gasteiger partial charge in [0.2, 0.25) is 0 Å². The van der Waals surface area contributed by atoms with Gasteiger partial charge in [0.05, 0.1) is 13.2 Å². The van der Waals surface area contributed by atoms with Crippen LogP contribution < -0.4 is 9.47 Å². The van der Waals surface area contributed by atoms with E-state index in [0.717, 1.165) is 82.4 Å². The molecular formula is C68H87BrO3. The van der Waals surface area contributed by atoms with Crippen LogP contribution in [0.5, 0.6) is 11.5 Å². The van der Waals surface area contributed by atoms with Crippen LogP contribution >= 0.6 is 15.9 Å². The second-order valence-corrected chi connectivity index (χ2v) is 24.0. The Balaban J connectivity index is 0.000000211. The number of hydrogen-bond donors (Lipinski definition) is 1. The molecule has 2 aliphatic carbocycles. The Morgan fingerprint density at radius 2 is 0.736 bits per heavy atom. The van der Waals surface area contributed by atoms with Gasteiger partial charge in [0, 0.05) is 11.1 Å². The number of ether oxygens (including phenoxy) is 2. The van der Waals surface area contributed by atoms with Gasteiger partial charge in [-0.05, 0) is 117 Å². The Morgan fingerprint density at radius 1 is 0.375 bits per heavy atom. The summed E-state index contributed by atoms with van der Waals surface area (Å²) in [6.07, 6.45) is 18.3. The molecule has 0 aromatic heterocycles. The van der Waals surface area contributed by atoms with Crippen LogP contribution in [-0.2, 0) is 9.93 Å². The third kappa shape index (κ3) is 13.9. The summed E-state index contributed by atoms with van der Waals surface area (Å²) in [6.45, 7) is 20.4. The van der Waals surface area contributed by atoms with Crippen LogP contribution in [0.2, 0.25) is 0 Å². The maximum absolute atomic E-state index is 12.1. The molecule has 0 saturated carbocycles. The average molecular weight is 1030 g/mol. The molecule has 0 radical (unpaired) electrons. The van der Waals surface area contributed by atoms with Crippen molar-refractivity contribution < 1.29 is 14.6 Å². The summed E-state index contributed by atoms with van der Waals surface area (Å²) in [5.74, 6) is 6.52. The summed E-state index contributed by atoms with van der Waals surface area (Å²) in [5.41, 5.74) is 10.2. The molecule has 3 nitrogen and oxygen atoms in total. The predicted molar refractivity (Wildman–Crippen MR) is 310 cm³/mol. The van der Waals surface area contributed by atoms with Gasteiger partial charge in [-0.3, -0.25) is 0 Å². The molecule has 0 bridgehead atoms. The number of rotatable bonds is 26. The van der Waals surface area contributed by atoms with Gasteiger partial charge < -0.3 is 14.6 Å². The minimum absolute atomic E-state index is 0.349. The summed E-state index contributed by atoms with van der Waals surface area (Å²) < 4.78 is 12.2. The second kappa shape index (κ2) is 26.5. The Hall–Kier alpha value is -4.64. The van der Waals surface area contributed by atoms with Gasteiger partial charge in [-0.2, -0.15) is 0 Å². The minimum atomic E-state index is -1.16. The number of benzene rings is 6. The van der Waals surface area contributed by atoms with Gasteiger partial charge in [0.15, 0.2) is 0 Å². The van der Waals surface area contributed by atoms with E-state index in [0.29, 0.717) is 18.4 Å². The van der Waals surface area contributed by atoms with E-state index in [2.05, 4.69) is 162 Å². The zero-order valence-electron chi connectivity index (χ0n) is 45.3. The van der Waals surface area contributed by atoms with Gasteiger partial charge in [-0.25, -0.2) is 0 Å². The molecule has 6 atom stereocenters. The molecule has 0 aliphatic heterocycles. The third-order valence-electron chi connectivity index (χ3n) is 15.8. The van der Waals surface area contributed by atoms with Crippen molar-refractivity contribution in [2.24, 2.45) is 35.5 Å². The van der Waals surface area contributed by atoms with E-state index in [1.54, 1.807) is 0 Å². The number of alkyl halides is 1. The van der Waals surface area contributed by atoms with Crippen LogP contribution in [0, 0.1) is 35.5 Å². The zero-order chi connectivity index (χ0) is 51.1. The topological polar surface area (TPSA) is 38.7 Å². The van der Waals surface area contributed by atoms with Crippen LogP contribution in [0.15, 0.2) is 146 Å². The molecule has 384 valence electrons. The molecule has 0 amide bonds. The number of hydrogen-bond acceptors (Lipinski definition) is 3. The van der Waals surface area contributed by atoms with Crippen molar-refractivity contribution in [3.05, 3.63) is 179 Å². The number of fused-ring (bicyclic) bond motifs is 6. The Labute approximate surface area is 444 Å². The SMILES string of the molecule is CC(C)CCCC(C)CCCC(C)CCOc1ccc2c(c1)C(Br)(c1ccccc1)c1ccccc1-2.CC(C)CCCC(C)CCCC(C)CCOc1ccc2c(c1)C(O)(c1ccccc1)c1ccccc1-2. The van der Waals surface area contributed by atoms with E-state index in [4.69, 9.17) is 9.47 Å². The monoisotopic (exact) mass is 1030 g/mol. The summed E-state index contributed by atoms with van der Waals surface area (Å²) in [4.78, 5) is 0. The maximum Gasteiger partial charge on any atom is 0.141 e. The highest BCUT2D eigenvalue weighted by Gasteiger charge is 2.44. The summed E-state index contributed by atoms with van der Waals surface area (Å²) >= 11 is 4.18. The summed E-state index contributed by atoms with van der Waals surface area (Å²) in [5, 5.41) is 12.1. The number of halogens is 1. The van der Waals surface area contributed by atoms with Gasteiger partial charge >= 0.3 is 0 Å². The highest BCUT2D eigenvalue weighted by molar-refractivity contribution is 9.10. The Morgan fingerprint density at radius 3 is 1.22 bits per heavy atom. The first-order valence-electron chi connectivity index (χ1n) is 28.1. The standard InChI is InChI=1S/C34H43BrO.C34H44O2/c2*1-25(2)12-10-13-26(3)14-11-15-27(4)22-23-36-29-20-21-31-30-18-8-9-19-32(30)34(35,33(31)24-29)28-16-6-5-7-17-28/h5-9,16-21,24-27H,10-15,22-23H2,1-4H3;5-9,16-21,24-27,35H,10-15,22-23H2,1-4H3. The van der Waals surface area contributed by atoms with Crippen molar-refractivity contribution in [2.45, 2.75) is 155 Å². The van der Waals surface area contributed by atoms with Gasteiger partial charge in [0.1, 0.15) is 21.4 Å². The normalized spacial score (nSPS) is 18.1. The molecule has 6 aromatic carbocycles. The molecular weight excluding hydrogens is 945 g/mol. The first-order valence-corrected chi connectivity index (χ1v) is 28.8. The largest absolute Gasteiger partial charge is 0.494 e. The number of aliphatic hydroxyl groups is 1. The van der Waals surface area contributed by atoms with E-state index >= 15 is 0 Å². The lowest BCUT2D eigenvalue weighted by Crippen LogP contribution is -2.26.